The van der Waals surface area contributed by atoms with E-state index in [0.29, 0.717) is 12.3 Å². The summed E-state index contributed by atoms with van der Waals surface area (Å²) in [5.41, 5.74) is 0.275. The molecule has 1 rings (SSSR count). The molecule has 0 spiro atoms. The summed E-state index contributed by atoms with van der Waals surface area (Å²) in [6.07, 6.45) is 0.279. The van der Waals surface area contributed by atoms with Gasteiger partial charge in [0.15, 0.2) is 0 Å². The Kier molecular flexibility index (Phi) is 5.13. The summed E-state index contributed by atoms with van der Waals surface area (Å²) < 4.78 is 4.94. The number of carbonyl (C=O) groups is 2. The van der Waals surface area contributed by atoms with Crippen LogP contribution in [-0.4, -0.2) is 37.7 Å². The van der Waals surface area contributed by atoms with Crippen LogP contribution in [0.1, 0.15) is 16.8 Å². The lowest BCUT2D eigenvalue weighted by Crippen LogP contribution is -2.20. The molecule has 0 bridgehead atoms. The lowest BCUT2D eigenvalue weighted by Gasteiger charge is -2.10. The van der Waals surface area contributed by atoms with Gasteiger partial charge in [-0.1, -0.05) is 0 Å². The molecule has 1 amide bonds. The molecule has 0 aromatic heterocycles. The van der Waals surface area contributed by atoms with Crippen LogP contribution in [-0.2, 0) is 4.79 Å². The molecule has 1 aromatic rings. The van der Waals surface area contributed by atoms with Crippen LogP contribution in [0.3, 0.4) is 0 Å². The number of carbonyl (C=O) groups excluding carboxylic acids is 1. The van der Waals surface area contributed by atoms with Crippen LogP contribution >= 0.6 is 0 Å². The first kappa shape index (κ1) is 14.0. The monoisotopic (exact) mass is 252 g/mol. The minimum absolute atomic E-state index is 0.00663. The van der Waals surface area contributed by atoms with Gasteiger partial charge < -0.3 is 20.5 Å². The van der Waals surface area contributed by atoms with Crippen molar-refractivity contribution in [2.45, 2.75) is 6.42 Å². The number of aromatic carboxylic acids is 1. The van der Waals surface area contributed by atoms with Crippen molar-refractivity contribution < 1.29 is 19.4 Å². The molecule has 3 N–H and O–H groups in total. The second-order valence-corrected chi connectivity index (χ2v) is 3.62. The SMILES string of the molecule is CNCCC(=O)Nc1ccc(OC)cc1C(=O)O. The second-order valence-electron chi connectivity index (χ2n) is 3.62. The van der Waals surface area contributed by atoms with Crippen molar-refractivity contribution in [3.05, 3.63) is 23.8 Å². The molecule has 6 heteroatoms. The molecule has 98 valence electrons. The fourth-order valence-corrected chi connectivity index (χ4v) is 1.39. The zero-order valence-corrected chi connectivity index (χ0v) is 10.3. The molecule has 18 heavy (non-hydrogen) atoms. The number of carboxylic acids is 1. The normalized spacial score (nSPS) is 9.89. The van der Waals surface area contributed by atoms with Gasteiger partial charge in [0.1, 0.15) is 5.75 Å². The topological polar surface area (TPSA) is 87.7 Å². The molecular weight excluding hydrogens is 236 g/mol. The van der Waals surface area contributed by atoms with E-state index in [2.05, 4.69) is 10.6 Å². The maximum absolute atomic E-state index is 11.5. The van der Waals surface area contributed by atoms with Gasteiger partial charge in [0.05, 0.1) is 18.4 Å². The largest absolute Gasteiger partial charge is 0.497 e. The highest BCUT2D eigenvalue weighted by molar-refractivity contribution is 6.00. The Labute approximate surface area is 105 Å². The summed E-state index contributed by atoms with van der Waals surface area (Å²) in [6.45, 7) is 0.532. The number of benzene rings is 1. The second kappa shape index (κ2) is 6.61. The highest BCUT2D eigenvalue weighted by Gasteiger charge is 2.13. The highest BCUT2D eigenvalue weighted by Crippen LogP contribution is 2.22. The molecule has 0 aliphatic carbocycles. The summed E-state index contributed by atoms with van der Waals surface area (Å²) in [6, 6.07) is 4.48. The molecule has 0 atom stereocenters. The Morgan fingerprint density at radius 2 is 2.11 bits per heavy atom. The van der Waals surface area contributed by atoms with E-state index in [1.54, 1.807) is 13.1 Å². The van der Waals surface area contributed by atoms with E-state index in [-0.39, 0.29) is 23.6 Å². The van der Waals surface area contributed by atoms with Crippen molar-refractivity contribution in [1.29, 1.82) is 0 Å². The van der Waals surface area contributed by atoms with Gasteiger partial charge in [-0.05, 0) is 25.2 Å². The van der Waals surface area contributed by atoms with Gasteiger partial charge in [0, 0.05) is 13.0 Å². The smallest absolute Gasteiger partial charge is 0.337 e. The standard InChI is InChI=1S/C12H16N2O4/c1-13-6-5-11(15)14-10-4-3-8(18-2)7-9(10)12(16)17/h3-4,7,13H,5-6H2,1-2H3,(H,14,15)(H,16,17). The van der Waals surface area contributed by atoms with E-state index < -0.39 is 5.97 Å². The number of ether oxygens (including phenoxy) is 1. The lowest BCUT2D eigenvalue weighted by atomic mass is 10.1. The van der Waals surface area contributed by atoms with Gasteiger partial charge in [-0.15, -0.1) is 0 Å². The molecule has 0 radical (unpaired) electrons. The molecule has 1 aromatic carbocycles. The van der Waals surface area contributed by atoms with E-state index in [1.807, 2.05) is 0 Å². The summed E-state index contributed by atoms with van der Waals surface area (Å²) in [5, 5.41) is 14.5. The van der Waals surface area contributed by atoms with E-state index in [0.717, 1.165) is 0 Å². The van der Waals surface area contributed by atoms with Gasteiger partial charge >= 0.3 is 5.97 Å². The quantitative estimate of drug-likeness (QED) is 0.701. The van der Waals surface area contributed by atoms with Gasteiger partial charge in [-0.3, -0.25) is 4.79 Å². The average molecular weight is 252 g/mol. The first-order chi connectivity index (χ1) is 8.58. The first-order valence-corrected chi connectivity index (χ1v) is 5.44. The van der Waals surface area contributed by atoms with Gasteiger partial charge in [0.2, 0.25) is 5.91 Å². The Balaban J connectivity index is 2.87. The number of anilines is 1. The number of methoxy groups -OCH3 is 1. The summed E-state index contributed by atoms with van der Waals surface area (Å²) in [7, 11) is 3.19. The third-order valence-corrected chi connectivity index (χ3v) is 2.33. The van der Waals surface area contributed by atoms with E-state index >= 15 is 0 Å². The van der Waals surface area contributed by atoms with Crippen LogP contribution in [0, 0.1) is 0 Å². The number of rotatable bonds is 6. The van der Waals surface area contributed by atoms with Gasteiger partial charge in [-0.25, -0.2) is 4.79 Å². The van der Waals surface area contributed by atoms with Crippen molar-refractivity contribution in [2.75, 3.05) is 26.0 Å². The molecule has 0 aliphatic heterocycles. The predicted molar refractivity (Wildman–Crippen MR) is 67.1 cm³/mol. The lowest BCUT2D eigenvalue weighted by molar-refractivity contribution is -0.116. The number of hydrogen-bond acceptors (Lipinski definition) is 4. The molecule has 0 aliphatic rings. The molecule has 0 saturated carbocycles. The average Bonchev–Trinajstić information content (AvgIpc) is 2.36. The Hall–Kier alpha value is -2.08. The molecule has 0 fully saturated rings. The zero-order chi connectivity index (χ0) is 13.5. The fourth-order valence-electron chi connectivity index (χ4n) is 1.39. The molecule has 6 nitrogen and oxygen atoms in total. The van der Waals surface area contributed by atoms with Crippen molar-refractivity contribution in [3.63, 3.8) is 0 Å². The summed E-state index contributed by atoms with van der Waals surface area (Å²) in [4.78, 5) is 22.6. The maximum atomic E-state index is 11.5. The summed E-state index contributed by atoms with van der Waals surface area (Å²) >= 11 is 0. The fraction of sp³-hybridized carbons (Fsp3) is 0.333. The van der Waals surface area contributed by atoms with Crippen molar-refractivity contribution in [2.24, 2.45) is 0 Å². The summed E-state index contributed by atoms with van der Waals surface area (Å²) in [5.74, 6) is -0.921. The Morgan fingerprint density at radius 1 is 1.39 bits per heavy atom. The third kappa shape index (κ3) is 3.74. The highest BCUT2D eigenvalue weighted by atomic mass is 16.5. The third-order valence-electron chi connectivity index (χ3n) is 2.33. The number of nitrogens with one attached hydrogen (secondary N) is 2. The van der Waals surface area contributed by atoms with Crippen molar-refractivity contribution in [3.8, 4) is 5.75 Å². The van der Waals surface area contributed by atoms with E-state index in [1.165, 1.54) is 19.2 Å². The van der Waals surface area contributed by atoms with Crippen LogP contribution in [0.15, 0.2) is 18.2 Å². The number of amides is 1. The molecule has 0 unspecified atom stereocenters. The van der Waals surface area contributed by atoms with Crippen molar-refractivity contribution in [1.82, 2.24) is 5.32 Å². The van der Waals surface area contributed by atoms with Crippen LogP contribution in [0.5, 0.6) is 5.75 Å². The van der Waals surface area contributed by atoms with E-state index in [9.17, 15) is 9.59 Å². The Morgan fingerprint density at radius 3 is 2.67 bits per heavy atom. The van der Waals surface area contributed by atoms with Crippen LogP contribution in [0.25, 0.3) is 0 Å². The molecular formula is C12H16N2O4. The van der Waals surface area contributed by atoms with Crippen molar-refractivity contribution >= 4 is 17.6 Å². The van der Waals surface area contributed by atoms with Gasteiger partial charge in [0.25, 0.3) is 0 Å². The van der Waals surface area contributed by atoms with Crippen LogP contribution in [0.4, 0.5) is 5.69 Å². The predicted octanol–water partition coefficient (Wildman–Crippen LogP) is 0.941. The number of carboxylic acid groups (broad SMARTS) is 1. The van der Waals surface area contributed by atoms with E-state index in [4.69, 9.17) is 9.84 Å². The van der Waals surface area contributed by atoms with Crippen LogP contribution < -0.4 is 15.4 Å². The molecule has 0 heterocycles. The minimum atomic E-state index is -1.11. The number of hydrogen-bond donors (Lipinski definition) is 3. The molecule has 0 saturated heterocycles. The Bertz CT molecular complexity index is 446. The maximum Gasteiger partial charge on any atom is 0.337 e. The first-order valence-electron chi connectivity index (χ1n) is 5.44. The van der Waals surface area contributed by atoms with Crippen LogP contribution in [0.2, 0.25) is 0 Å². The minimum Gasteiger partial charge on any atom is -0.497 e. The van der Waals surface area contributed by atoms with Gasteiger partial charge in [-0.2, -0.15) is 0 Å². The zero-order valence-electron chi connectivity index (χ0n) is 10.3.